The number of anilines is 2. The van der Waals surface area contributed by atoms with Crippen molar-refractivity contribution in [3.63, 3.8) is 0 Å². The average molecular weight is 353 g/mol. The van der Waals surface area contributed by atoms with E-state index >= 15 is 0 Å². The van der Waals surface area contributed by atoms with E-state index in [-0.39, 0.29) is 24.5 Å². The van der Waals surface area contributed by atoms with E-state index in [0.717, 1.165) is 16.9 Å². The number of nitrogens with one attached hydrogen (secondary N) is 1. The summed E-state index contributed by atoms with van der Waals surface area (Å²) in [6.45, 7) is 0.697. The molecule has 0 aliphatic carbocycles. The van der Waals surface area contributed by atoms with Crippen LogP contribution < -0.4 is 10.2 Å². The first-order valence-corrected chi connectivity index (χ1v) is 8.59. The van der Waals surface area contributed by atoms with Crippen LogP contribution in [0.5, 0.6) is 0 Å². The van der Waals surface area contributed by atoms with Crippen LogP contribution in [0.15, 0.2) is 54.6 Å². The minimum atomic E-state index is -0.318. The van der Waals surface area contributed by atoms with Crippen molar-refractivity contribution in [3.05, 3.63) is 60.2 Å². The topological polar surface area (TPSA) is 61.9 Å². The second-order valence-corrected chi connectivity index (χ2v) is 6.23. The van der Waals surface area contributed by atoms with Gasteiger partial charge in [-0.3, -0.25) is 4.79 Å². The molecule has 0 saturated carbocycles. The third kappa shape index (κ3) is 3.86. The number of amides is 3. The Balaban J connectivity index is 1.87. The first-order valence-electron chi connectivity index (χ1n) is 8.59. The Morgan fingerprint density at radius 1 is 1.12 bits per heavy atom. The summed E-state index contributed by atoms with van der Waals surface area (Å²) in [5, 5.41) is 2.88. The van der Waals surface area contributed by atoms with E-state index < -0.39 is 0 Å². The lowest BCUT2D eigenvalue weighted by Crippen LogP contribution is -2.39. The number of carbonyl (C=O) groups is 2. The van der Waals surface area contributed by atoms with Gasteiger partial charge in [0.15, 0.2) is 0 Å². The van der Waals surface area contributed by atoms with E-state index in [1.54, 1.807) is 24.0 Å². The van der Waals surface area contributed by atoms with Crippen LogP contribution in [-0.4, -0.2) is 44.1 Å². The number of hydrogen-bond donors (Lipinski definition) is 1. The zero-order chi connectivity index (χ0) is 18.5. The molecular weight excluding hydrogens is 330 g/mol. The van der Waals surface area contributed by atoms with Crippen LogP contribution in [-0.2, 0) is 9.53 Å². The molecule has 2 aromatic carbocycles. The monoisotopic (exact) mass is 353 g/mol. The maximum absolute atomic E-state index is 12.7. The largest absolute Gasteiger partial charge is 0.375 e. The van der Waals surface area contributed by atoms with E-state index in [1.165, 1.54) is 0 Å². The van der Waals surface area contributed by atoms with Gasteiger partial charge in [-0.25, -0.2) is 4.79 Å². The second-order valence-electron chi connectivity index (χ2n) is 6.23. The first-order chi connectivity index (χ1) is 12.6. The van der Waals surface area contributed by atoms with E-state index in [4.69, 9.17) is 4.74 Å². The molecule has 3 rings (SSSR count). The number of benzene rings is 2. The zero-order valence-corrected chi connectivity index (χ0v) is 15.0. The highest BCUT2D eigenvalue weighted by molar-refractivity contribution is 5.95. The van der Waals surface area contributed by atoms with Gasteiger partial charge in [-0.1, -0.05) is 36.4 Å². The summed E-state index contributed by atoms with van der Waals surface area (Å²) >= 11 is 0. The highest BCUT2D eigenvalue weighted by Gasteiger charge is 2.27. The number of nitrogens with zero attached hydrogens (tertiary/aromatic N) is 2. The summed E-state index contributed by atoms with van der Waals surface area (Å²) in [5.74, 6) is -0.0354. The standard InChI is InChI=1S/C20H23N3O3/c1-22-17-11-7-6-10-16(17)18(26-2)14-23(13-12-19(22)24)20(25)21-15-8-4-3-5-9-15/h3-11,18H,12-14H2,1-2H3,(H,21,25). The van der Waals surface area contributed by atoms with Gasteiger partial charge in [0.2, 0.25) is 5.91 Å². The molecule has 1 unspecified atom stereocenters. The SMILES string of the molecule is COC1CN(C(=O)Nc2ccccc2)CCC(=O)N(C)c2ccccc21. The molecule has 0 fully saturated rings. The first kappa shape index (κ1) is 17.9. The molecule has 0 bridgehead atoms. The summed E-state index contributed by atoms with van der Waals surface area (Å²) < 4.78 is 5.66. The number of rotatable bonds is 2. The van der Waals surface area contributed by atoms with Gasteiger partial charge >= 0.3 is 6.03 Å². The third-order valence-corrected chi connectivity index (χ3v) is 4.60. The Hall–Kier alpha value is -2.86. The second kappa shape index (κ2) is 8.01. The van der Waals surface area contributed by atoms with Gasteiger partial charge in [-0.2, -0.15) is 0 Å². The van der Waals surface area contributed by atoms with Gasteiger partial charge in [0.1, 0.15) is 6.10 Å². The Labute approximate surface area is 153 Å². The number of methoxy groups -OCH3 is 1. The maximum atomic E-state index is 12.7. The molecule has 6 nitrogen and oxygen atoms in total. The van der Waals surface area contributed by atoms with Gasteiger partial charge in [0.05, 0.1) is 6.54 Å². The molecule has 1 heterocycles. The molecule has 136 valence electrons. The van der Waals surface area contributed by atoms with Crippen LogP contribution in [0, 0.1) is 0 Å². The van der Waals surface area contributed by atoms with E-state index in [2.05, 4.69) is 5.32 Å². The van der Waals surface area contributed by atoms with Gasteiger partial charge in [0.25, 0.3) is 0 Å². The van der Waals surface area contributed by atoms with E-state index in [1.807, 2.05) is 54.6 Å². The number of ether oxygens (including phenoxy) is 1. The van der Waals surface area contributed by atoms with Gasteiger partial charge < -0.3 is 19.9 Å². The lowest BCUT2D eigenvalue weighted by Gasteiger charge is -2.27. The molecule has 1 atom stereocenters. The van der Waals surface area contributed by atoms with Crippen molar-refractivity contribution in [2.24, 2.45) is 0 Å². The average Bonchev–Trinajstić information content (AvgIpc) is 2.72. The number of carbonyl (C=O) groups excluding carboxylic acids is 2. The van der Waals surface area contributed by atoms with E-state index in [9.17, 15) is 9.59 Å². The Morgan fingerprint density at radius 2 is 1.81 bits per heavy atom. The minimum Gasteiger partial charge on any atom is -0.375 e. The van der Waals surface area contributed by atoms with E-state index in [0.29, 0.717) is 13.1 Å². The lowest BCUT2D eigenvalue weighted by atomic mass is 10.1. The predicted molar refractivity (Wildman–Crippen MR) is 101 cm³/mol. The molecule has 2 aromatic rings. The fourth-order valence-corrected chi connectivity index (χ4v) is 3.10. The van der Waals surface area contributed by atoms with Crippen LogP contribution in [0.25, 0.3) is 0 Å². The van der Waals surface area contributed by atoms with Crippen LogP contribution in [0.4, 0.5) is 16.2 Å². The molecule has 26 heavy (non-hydrogen) atoms. The van der Waals surface area contributed by atoms with Crippen molar-refractivity contribution in [1.82, 2.24) is 4.90 Å². The molecular formula is C20H23N3O3. The zero-order valence-electron chi connectivity index (χ0n) is 15.0. The summed E-state index contributed by atoms with van der Waals surface area (Å²) in [5.41, 5.74) is 2.43. The lowest BCUT2D eigenvalue weighted by molar-refractivity contribution is -0.118. The summed E-state index contributed by atoms with van der Waals surface area (Å²) in [7, 11) is 3.38. The third-order valence-electron chi connectivity index (χ3n) is 4.60. The quantitative estimate of drug-likeness (QED) is 0.901. The Bertz CT molecular complexity index is 779. The van der Waals surface area contributed by atoms with Crippen molar-refractivity contribution in [2.45, 2.75) is 12.5 Å². The van der Waals surface area contributed by atoms with Crippen LogP contribution >= 0.6 is 0 Å². The summed E-state index contributed by atoms with van der Waals surface area (Å²) in [4.78, 5) is 28.5. The van der Waals surface area contributed by atoms with Crippen molar-refractivity contribution in [1.29, 1.82) is 0 Å². The van der Waals surface area contributed by atoms with Crippen molar-refractivity contribution >= 4 is 23.3 Å². The Morgan fingerprint density at radius 3 is 2.54 bits per heavy atom. The number of urea groups is 1. The molecule has 3 amide bonds. The number of para-hydroxylation sites is 2. The highest BCUT2D eigenvalue weighted by Crippen LogP contribution is 2.30. The van der Waals surface area contributed by atoms with Gasteiger partial charge in [-0.15, -0.1) is 0 Å². The molecule has 1 N–H and O–H groups in total. The Kier molecular flexibility index (Phi) is 5.53. The molecule has 0 saturated heterocycles. The highest BCUT2D eigenvalue weighted by atomic mass is 16.5. The summed E-state index contributed by atoms with van der Waals surface area (Å²) in [6, 6.07) is 16.7. The van der Waals surface area contributed by atoms with Crippen molar-refractivity contribution < 1.29 is 14.3 Å². The van der Waals surface area contributed by atoms with Gasteiger partial charge in [0, 0.05) is 44.1 Å². The van der Waals surface area contributed by atoms with Crippen LogP contribution in [0.2, 0.25) is 0 Å². The van der Waals surface area contributed by atoms with Crippen LogP contribution in [0.3, 0.4) is 0 Å². The number of fused-ring (bicyclic) bond motifs is 1. The molecule has 1 aliphatic rings. The molecule has 0 spiro atoms. The molecule has 0 aromatic heterocycles. The van der Waals surface area contributed by atoms with Crippen LogP contribution in [0.1, 0.15) is 18.1 Å². The summed E-state index contributed by atoms with van der Waals surface area (Å²) in [6.07, 6.45) is -0.0650. The molecule has 6 heteroatoms. The normalized spacial score (nSPS) is 17.8. The smallest absolute Gasteiger partial charge is 0.321 e. The predicted octanol–water partition coefficient (Wildman–Crippen LogP) is 3.27. The minimum absolute atomic E-state index is 0.0354. The molecule has 0 radical (unpaired) electrons. The number of hydrogen-bond acceptors (Lipinski definition) is 3. The maximum Gasteiger partial charge on any atom is 0.321 e. The molecule has 1 aliphatic heterocycles. The fourth-order valence-electron chi connectivity index (χ4n) is 3.10. The van der Waals surface area contributed by atoms with Crippen molar-refractivity contribution in [2.75, 3.05) is 37.5 Å². The van der Waals surface area contributed by atoms with Gasteiger partial charge in [-0.05, 0) is 18.2 Å². The fraction of sp³-hybridized carbons (Fsp3) is 0.300. The van der Waals surface area contributed by atoms with Crippen molar-refractivity contribution in [3.8, 4) is 0 Å².